The number of hydrogen-bond donors (Lipinski definition) is 1. The van der Waals surface area contributed by atoms with Gasteiger partial charge in [0.25, 0.3) is 11.8 Å². The minimum Gasteiger partial charge on any atom is -0.307 e. The number of benzene rings is 1. The highest BCUT2D eigenvalue weighted by atomic mass is 32.1. The van der Waals surface area contributed by atoms with Crippen molar-refractivity contribution in [3.8, 4) is 0 Å². The van der Waals surface area contributed by atoms with Gasteiger partial charge < -0.3 is 4.90 Å². The van der Waals surface area contributed by atoms with E-state index in [-0.39, 0.29) is 30.6 Å². The Labute approximate surface area is 184 Å². The molecular weight excluding hydrogens is 414 g/mol. The summed E-state index contributed by atoms with van der Waals surface area (Å²) in [6, 6.07) is 7.02. The zero-order valence-corrected chi connectivity index (χ0v) is 18.4. The summed E-state index contributed by atoms with van der Waals surface area (Å²) in [5.41, 5.74) is -0.447. The highest BCUT2D eigenvalue weighted by Crippen LogP contribution is 2.45. The maximum absolute atomic E-state index is 13.8. The summed E-state index contributed by atoms with van der Waals surface area (Å²) in [5.74, 6) is -0.234. The number of anilines is 2. The van der Waals surface area contributed by atoms with Gasteiger partial charge in [0.2, 0.25) is 16.7 Å². The maximum Gasteiger partial charge on any atom is 0.273 e. The van der Waals surface area contributed by atoms with E-state index in [4.69, 9.17) is 0 Å². The number of hydrogen-bond acceptors (Lipinski definition) is 6. The lowest BCUT2D eigenvalue weighted by Gasteiger charge is -2.49. The monoisotopic (exact) mass is 439 g/mol. The number of aromatic nitrogens is 2. The molecule has 1 aliphatic carbocycles. The Kier molecular flexibility index (Phi) is 4.80. The molecule has 3 heterocycles. The average molecular weight is 440 g/mol. The summed E-state index contributed by atoms with van der Waals surface area (Å²) in [6.45, 7) is 4.36. The Hall–Kier alpha value is -2.81. The summed E-state index contributed by atoms with van der Waals surface area (Å²) in [7, 11) is 0. The van der Waals surface area contributed by atoms with Crippen molar-refractivity contribution in [1.82, 2.24) is 15.1 Å². The molecule has 8 nitrogen and oxygen atoms in total. The fourth-order valence-electron chi connectivity index (χ4n) is 4.70. The first-order valence-corrected chi connectivity index (χ1v) is 11.6. The fourth-order valence-corrected chi connectivity index (χ4v) is 5.61. The zero-order valence-electron chi connectivity index (χ0n) is 17.6. The van der Waals surface area contributed by atoms with Crippen molar-refractivity contribution in [1.29, 1.82) is 0 Å². The predicted octanol–water partition coefficient (Wildman–Crippen LogP) is 3.38. The third-order valence-corrected chi connectivity index (χ3v) is 7.40. The van der Waals surface area contributed by atoms with E-state index in [0.29, 0.717) is 28.8 Å². The topological polar surface area (TPSA) is 95.5 Å². The van der Waals surface area contributed by atoms with Gasteiger partial charge in [-0.15, -0.1) is 10.2 Å². The number of nitrogens with one attached hydrogen (secondary N) is 1. The lowest BCUT2D eigenvalue weighted by atomic mass is 9.86. The molecule has 1 unspecified atom stereocenters. The summed E-state index contributed by atoms with van der Waals surface area (Å²) >= 11 is 1.38. The molecule has 1 N–H and O–H groups in total. The third-order valence-electron chi connectivity index (χ3n) is 6.40. The zero-order chi connectivity index (χ0) is 21.8. The van der Waals surface area contributed by atoms with E-state index in [1.54, 1.807) is 29.2 Å². The Morgan fingerprint density at radius 1 is 1.26 bits per heavy atom. The van der Waals surface area contributed by atoms with E-state index in [0.717, 1.165) is 17.8 Å². The van der Waals surface area contributed by atoms with Crippen LogP contribution < -0.4 is 10.2 Å². The Bertz CT molecular complexity index is 1060. The molecule has 0 radical (unpaired) electrons. The fraction of sp³-hybridized carbons (Fsp3) is 0.500. The van der Waals surface area contributed by atoms with Crippen molar-refractivity contribution in [2.45, 2.75) is 57.5 Å². The van der Waals surface area contributed by atoms with E-state index in [1.165, 1.54) is 22.7 Å². The van der Waals surface area contributed by atoms with Crippen molar-refractivity contribution >= 4 is 39.9 Å². The second kappa shape index (κ2) is 7.40. The minimum atomic E-state index is -1.39. The van der Waals surface area contributed by atoms with Crippen LogP contribution in [0.5, 0.6) is 0 Å². The van der Waals surface area contributed by atoms with Crippen LogP contribution in [0, 0.1) is 5.92 Å². The van der Waals surface area contributed by atoms with Gasteiger partial charge >= 0.3 is 0 Å². The normalized spacial score (nSPS) is 23.1. The molecule has 1 saturated heterocycles. The van der Waals surface area contributed by atoms with Crippen molar-refractivity contribution < 1.29 is 14.4 Å². The summed E-state index contributed by atoms with van der Waals surface area (Å²) in [4.78, 5) is 43.3. The van der Waals surface area contributed by atoms with Crippen LogP contribution in [0.1, 0.15) is 67.2 Å². The molecule has 1 saturated carbocycles. The Morgan fingerprint density at radius 3 is 2.74 bits per heavy atom. The molecule has 3 amide bonds. The van der Waals surface area contributed by atoms with Crippen LogP contribution in [0.4, 0.5) is 10.8 Å². The lowest BCUT2D eigenvalue weighted by Crippen LogP contribution is -2.69. The van der Waals surface area contributed by atoms with Crippen LogP contribution >= 0.6 is 11.3 Å². The number of amides is 3. The molecule has 1 aromatic heterocycles. The maximum atomic E-state index is 13.8. The highest BCUT2D eigenvalue weighted by Gasteiger charge is 2.61. The molecule has 162 valence electrons. The van der Waals surface area contributed by atoms with Gasteiger partial charge in [0.15, 0.2) is 0 Å². The van der Waals surface area contributed by atoms with Crippen LogP contribution in [-0.2, 0) is 9.59 Å². The molecule has 0 spiro atoms. The van der Waals surface area contributed by atoms with Gasteiger partial charge in [-0.05, 0) is 30.9 Å². The van der Waals surface area contributed by atoms with E-state index < -0.39 is 11.6 Å². The van der Waals surface area contributed by atoms with Gasteiger partial charge in [-0.1, -0.05) is 43.7 Å². The molecule has 1 atom stereocenters. The molecule has 5 rings (SSSR count). The van der Waals surface area contributed by atoms with Gasteiger partial charge in [-0.2, -0.15) is 0 Å². The quantitative estimate of drug-likeness (QED) is 0.771. The predicted molar refractivity (Wildman–Crippen MR) is 117 cm³/mol. The van der Waals surface area contributed by atoms with E-state index in [2.05, 4.69) is 15.5 Å². The number of para-hydroxylation sites is 1. The van der Waals surface area contributed by atoms with E-state index >= 15 is 0 Å². The van der Waals surface area contributed by atoms with Crippen LogP contribution in [0.15, 0.2) is 24.3 Å². The number of fused-ring (bicyclic) bond motifs is 3. The van der Waals surface area contributed by atoms with Crippen molar-refractivity contribution in [3.63, 3.8) is 0 Å². The SMILES string of the molecule is CC(C)CN1C(=O)c2ccccc2N2C(=O)CCC12C(=O)Nc1nnc(C2CCC2)s1. The molecule has 2 aliphatic heterocycles. The number of rotatable bonds is 5. The van der Waals surface area contributed by atoms with Crippen LogP contribution in [0.3, 0.4) is 0 Å². The van der Waals surface area contributed by atoms with Gasteiger partial charge in [-0.3, -0.25) is 24.6 Å². The first-order chi connectivity index (χ1) is 14.9. The molecule has 1 aromatic carbocycles. The first kappa shape index (κ1) is 20.1. The molecule has 2 fully saturated rings. The van der Waals surface area contributed by atoms with E-state index in [1.807, 2.05) is 13.8 Å². The van der Waals surface area contributed by atoms with Crippen molar-refractivity contribution in [2.24, 2.45) is 5.92 Å². The average Bonchev–Trinajstić information content (AvgIpc) is 3.29. The molecule has 9 heteroatoms. The second-order valence-electron chi connectivity index (χ2n) is 8.90. The van der Waals surface area contributed by atoms with Crippen molar-refractivity contribution in [2.75, 3.05) is 16.8 Å². The Morgan fingerprint density at radius 2 is 2.03 bits per heavy atom. The minimum absolute atomic E-state index is 0.128. The number of nitrogens with zero attached hydrogens (tertiary/aromatic N) is 4. The van der Waals surface area contributed by atoms with Crippen LogP contribution in [0.25, 0.3) is 0 Å². The third kappa shape index (κ3) is 3.05. The van der Waals surface area contributed by atoms with Gasteiger partial charge in [0.05, 0.1) is 11.3 Å². The van der Waals surface area contributed by atoms with Gasteiger partial charge in [0.1, 0.15) is 5.01 Å². The van der Waals surface area contributed by atoms with Crippen LogP contribution in [0.2, 0.25) is 0 Å². The number of carbonyl (C=O) groups excluding carboxylic acids is 3. The summed E-state index contributed by atoms with van der Waals surface area (Å²) in [6.07, 6.45) is 3.84. The molecule has 31 heavy (non-hydrogen) atoms. The molecule has 2 aromatic rings. The molecule has 0 bridgehead atoms. The molecule has 3 aliphatic rings. The smallest absolute Gasteiger partial charge is 0.273 e. The van der Waals surface area contributed by atoms with Gasteiger partial charge in [0, 0.05) is 25.3 Å². The highest BCUT2D eigenvalue weighted by molar-refractivity contribution is 7.15. The van der Waals surface area contributed by atoms with Crippen LogP contribution in [-0.4, -0.2) is 45.0 Å². The Balaban J connectivity index is 1.55. The second-order valence-corrected chi connectivity index (χ2v) is 9.91. The standard InChI is InChI=1S/C22H25N5O3S/c1-13(2)12-26-19(29)15-8-3-4-9-16(15)27-17(28)10-11-22(26,27)20(30)23-21-25-24-18(31-21)14-6-5-7-14/h3-4,8-9,13-14H,5-7,10-12H2,1-2H3,(H,23,25,30). The summed E-state index contributed by atoms with van der Waals surface area (Å²) < 4.78 is 0. The van der Waals surface area contributed by atoms with Crippen molar-refractivity contribution in [3.05, 3.63) is 34.8 Å². The summed E-state index contributed by atoms with van der Waals surface area (Å²) in [5, 5.41) is 12.6. The molecular formula is C22H25N5O3S. The van der Waals surface area contributed by atoms with Gasteiger partial charge in [-0.25, -0.2) is 0 Å². The van der Waals surface area contributed by atoms with E-state index in [9.17, 15) is 14.4 Å². The number of carbonyl (C=O) groups is 3. The first-order valence-electron chi connectivity index (χ1n) is 10.8. The largest absolute Gasteiger partial charge is 0.307 e. The lowest BCUT2D eigenvalue weighted by molar-refractivity contribution is -0.129.